The lowest BCUT2D eigenvalue weighted by Crippen LogP contribution is -2.10. The van der Waals surface area contributed by atoms with E-state index in [1.807, 2.05) is 19.9 Å². The first kappa shape index (κ1) is 12.2. The molecule has 1 amide bonds. The maximum Gasteiger partial charge on any atom is 0.225 e. The van der Waals surface area contributed by atoms with Crippen molar-refractivity contribution >= 4 is 27.7 Å². The summed E-state index contributed by atoms with van der Waals surface area (Å²) in [6.45, 7) is 4.00. The Labute approximate surface area is 98.4 Å². The monoisotopic (exact) mass is 270 g/mol. The molecular formula is C11H15BrN2O. The van der Waals surface area contributed by atoms with Gasteiger partial charge in [0.2, 0.25) is 5.91 Å². The number of fused-ring (bicyclic) bond motifs is 1. The number of rotatable bonds is 0. The van der Waals surface area contributed by atoms with Gasteiger partial charge in [0.1, 0.15) is 5.82 Å². The van der Waals surface area contributed by atoms with Crippen LogP contribution in [-0.2, 0) is 11.2 Å². The fourth-order valence-electron chi connectivity index (χ4n) is 1.42. The van der Waals surface area contributed by atoms with Gasteiger partial charge in [-0.1, -0.05) is 13.8 Å². The average molecular weight is 271 g/mol. The summed E-state index contributed by atoms with van der Waals surface area (Å²) in [5.41, 5.74) is 1.11. The lowest BCUT2D eigenvalue weighted by molar-refractivity contribution is -0.116. The van der Waals surface area contributed by atoms with E-state index < -0.39 is 0 Å². The number of pyridine rings is 1. The molecule has 1 aliphatic heterocycles. The molecule has 1 aromatic rings. The van der Waals surface area contributed by atoms with Crippen LogP contribution >= 0.6 is 15.9 Å². The van der Waals surface area contributed by atoms with E-state index in [9.17, 15) is 4.79 Å². The van der Waals surface area contributed by atoms with E-state index in [0.29, 0.717) is 12.2 Å². The van der Waals surface area contributed by atoms with Crippen molar-refractivity contribution in [2.75, 3.05) is 5.32 Å². The second kappa shape index (κ2) is 5.85. The van der Waals surface area contributed by atoms with E-state index >= 15 is 0 Å². The van der Waals surface area contributed by atoms with Gasteiger partial charge in [-0.25, -0.2) is 4.98 Å². The minimum absolute atomic E-state index is 0.0635. The van der Waals surface area contributed by atoms with Crippen molar-refractivity contribution in [3.63, 3.8) is 0 Å². The molecule has 3 nitrogen and oxygen atoms in total. The molecule has 0 saturated heterocycles. The van der Waals surface area contributed by atoms with Crippen LogP contribution in [0.4, 0.5) is 5.82 Å². The number of hydrogen-bond acceptors (Lipinski definition) is 2. The Hall–Kier alpha value is -0.900. The van der Waals surface area contributed by atoms with Gasteiger partial charge in [0, 0.05) is 17.1 Å². The minimum Gasteiger partial charge on any atom is -0.310 e. The lowest BCUT2D eigenvalue weighted by Gasteiger charge is -2.04. The van der Waals surface area contributed by atoms with Crippen molar-refractivity contribution in [1.82, 2.24) is 4.98 Å². The zero-order valence-electron chi connectivity index (χ0n) is 9.01. The predicted octanol–water partition coefficient (Wildman–Crippen LogP) is 3.15. The van der Waals surface area contributed by atoms with Crippen molar-refractivity contribution < 1.29 is 4.79 Å². The molecule has 82 valence electrons. The summed E-state index contributed by atoms with van der Waals surface area (Å²) in [6, 6.07) is 2.01. The minimum atomic E-state index is 0.0635. The Morgan fingerprint density at radius 3 is 2.87 bits per heavy atom. The predicted molar refractivity (Wildman–Crippen MR) is 64.9 cm³/mol. The van der Waals surface area contributed by atoms with Crippen LogP contribution in [0.3, 0.4) is 0 Å². The summed E-state index contributed by atoms with van der Waals surface area (Å²) >= 11 is 3.36. The Balaban J connectivity index is 0.000000531. The third kappa shape index (κ3) is 3.30. The molecule has 0 fully saturated rings. The molecule has 0 spiro atoms. The molecule has 2 heterocycles. The normalized spacial score (nSPS) is 14.2. The smallest absolute Gasteiger partial charge is 0.225 e. The van der Waals surface area contributed by atoms with E-state index in [-0.39, 0.29) is 5.91 Å². The van der Waals surface area contributed by atoms with Gasteiger partial charge in [-0.05, 0) is 40.4 Å². The lowest BCUT2D eigenvalue weighted by atomic mass is 10.1. The number of hydrogen-bond donors (Lipinski definition) is 1. The van der Waals surface area contributed by atoms with Crippen LogP contribution in [0.25, 0.3) is 0 Å². The molecule has 0 radical (unpaired) electrons. The summed E-state index contributed by atoms with van der Waals surface area (Å²) in [5, 5.41) is 2.78. The second-order valence-corrected chi connectivity index (χ2v) is 3.98. The van der Waals surface area contributed by atoms with E-state index in [1.165, 1.54) is 0 Å². The fourth-order valence-corrected chi connectivity index (χ4v) is 1.80. The van der Waals surface area contributed by atoms with Crippen LogP contribution in [0.15, 0.2) is 16.7 Å². The van der Waals surface area contributed by atoms with Gasteiger partial charge < -0.3 is 5.32 Å². The van der Waals surface area contributed by atoms with Crippen molar-refractivity contribution in [3.8, 4) is 0 Å². The van der Waals surface area contributed by atoms with Gasteiger partial charge in [-0.3, -0.25) is 4.79 Å². The van der Waals surface area contributed by atoms with Gasteiger partial charge in [-0.15, -0.1) is 0 Å². The number of anilines is 1. The Morgan fingerprint density at radius 1 is 1.40 bits per heavy atom. The Kier molecular flexibility index (Phi) is 4.75. The van der Waals surface area contributed by atoms with E-state index in [0.717, 1.165) is 22.9 Å². The summed E-state index contributed by atoms with van der Waals surface area (Å²) in [7, 11) is 0. The van der Waals surface area contributed by atoms with Gasteiger partial charge in [0.05, 0.1) is 0 Å². The highest BCUT2D eigenvalue weighted by Crippen LogP contribution is 2.22. The number of carbonyl (C=O) groups is 1. The highest BCUT2D eigenvalue weighted by molar-refractivity contribution is 9.10. The van der Waals surface area contributed by atoms with E-state index in [4.69, 9.17) is 0 Å². The number of aryl methyl sites for hydroxylation is 1. The molecule has 0 unspecified atom stereocenters. The second-order valence-electron chi connectivity index (χ2n) is 3.06. The highest BCUT2D eigenvalue weighted by atomic mass is 79.9. The number of nitrogens with zero attached hydrogens (tertiary/aromatic N) is 1. The molecule has 0 aliphatic carbocycles. The SMILES string of the molecule is CC.O=C1CCCc2cc(Br)cnc2N1. The molecule has 4 heteroatoms. The van der Waals surface area contributed by atoms with E-state index in [1.54, 1.807) is 6.20 Å². The first-order chi connectivity index (χ1) is 7.25. The summed E-state index contributed by atoms with van der Waals surface area (Å²) < 4.78 is 0.961. The summed E-state index contributed by atoms with van der Waals surface area (Å²) in [5.74, 6) is 0.777. The maximum absolute atomic E-state index is 11.2. The van der Waals surface area contributed by atoms with Gasteiger partial charge >= 0.3 is 0 Å². The molecule has 0 bridgehead atoms. The van der Waals surface area contributed by atoms with Crippen LogP contribution in [-0.4, -0.2) is 10.9 Å². The van der Waals surface area contributed by atoms with Gasteiger partial charge in [0.25, 0.3) is 0 Å². The average Bonchev–Trinajstić information content (AvgIpc) is 2.42. The molecule has 0 saturated carbocycles. The Bertz CT molecular complexity index is 352. The van der Waals surface area contributed by atoms with Crippen molar-refractivity contribution in [3.05, 3.63) is 22.3 Å². The number of carbonyl (C=O) groups excluding carboxylic acids is 1. The van der Waals surface area contributed by atoms with Crippen molar-refractivity contribution in [2.45, 2.75) is 33.1 Å². The quantitative estimate of drug-likeness (QED) is 0.787. The van der Waals surface area contributed by atoms with Crippen molar-refractivity contribution in [2.24, 2.45) is 0 Å². The zero-order chi connectivity index (χ0) is 11.3. The molecule has 0 atom stereocenters. The molecule has 1 aromatic heterocycles. The van der Waals surface area contributed by atoms with E-state index in [2.05, 4.69) is 26.2 Å². The van der Waals surface area contributed by atoms with Crippen LogP contribution in [0, 0.1) is 0 Å². The topological polar surface area (TPSA) is 42.0 Å². The summed E-state index contributed by atoms with van der Waals surface area (Å²) in [4.78, 5) is 15.3. The number of amides is 1. The largest absolute Gasteiger partial charge is 0.310 e. The number of aromatic nitrogens is 1. The zero-order valence-corrected chi connectivity index (χ0v) is 10.6. The van der Waals surface area contributed by atoms with Crippen molar-refractivity contribution in [1.29, 1.82) is 0 Å². The van der Waals surface area contributed by atoms with Gasteiger partial charge in [0.15, 0.2) is 0 Å². The molecular weight excluding hydrogens is 256 g/mol. The van der Waals surface area contributed by atoms with Crippen LogP contribution in [0.5, 0.6) is 0 Å². The molecule has 15 heavy (non-hydrogen) atoms. The molecule has 1 N–H and O–H groups in total. The highest BCUT2D eigenvalue weighted by Gasteiger charge is 2.13. The standard InChI is InChI=1S/C9H9BrN2O.C2H6/c10-7-4-6-2-1-3-8(13)12-9(6)11-5-7;1-2/h4-5H,1-3H2,(H,11,12,13);1-2H3. The Morgan fingerprint density at radius 2 is 2.13 bits per heavy atom. The number of nitrogens with one attached hydrogen (secondary N) is 1. The third-order valence-electron chi connectivity index (χ3n) is 2.04. The third-order valence-corrected chi connectivity index (χ3v) is 2.47. The molecule has 0 aromatic carbocycles. The molecule has 1 aliphatic rings. The summed E-state index contributed by atoms with van der Waals surface area (Å²) in [6.07, 6.45) is 4.11. The van der Waals surface area contributed by atoms with Crippen LogP contribution in [0.2, 0.25) is 0 Å². The molecule has 2 rings (SSSR count). The number of halogens is 1. The van der Waals surface area contributed by atoms with Crippen LogP contribution < -0.4 is 5.32 Å². The maximum atomic E-state index is 11.2. The fraction of sp³-hybridized carbons (Fsp3) is 0.455. The van der Waals surface area contributed by atoms with Gasteiger partial charge in [-0.2, -0.15) is 0 Å². The van der Waals surface area contributed by atoms with Crippen LogP contribution in [0.1, 0.15) is 32.3 Å². The first-order valence-electron chi connectivity index (χ1n) is 5.20. The first-order valence-corrected chi connectivity index (χ1v) is 5.99.